The largest absolute Gasteiger partial charge is 0.355 e. The van der Waals surface area contributed by atoms with Crippen LogP contribution >= 0.6 is 0 Å². The second-order valence-corrected chi connectivity index (χ2v) is 4.30. The summed E-state index contributed by atoms with van der Waals surface area (Å²) in [5.74, 6) is -0.0977. The molecule has 5 heteroatoms. The molecular weight excluding hydrogens is 206 g/mol. The Kier molecular flexibility index (Phi) is 6.72. The first-order valence-electron chi connectivity index (χ1n) is 5.71. The van der Waals surface area contributed by atoms with Crippen LogP contribution in [0.3, 0.4) is 0 Å². The van der Waals surface area contributed by atoms with Gasteiger partial charge in [0.05, 0.1) is 0 Å². The maximum absolute atomic E-state index is 11.5. The van der Waals surface area contributed by atoms with E-state index in [0.29, 0.717) is 6.54 Å². The van der Waals surface area contributed by atoms with Gasteiger partial charge in [0.1, 0.15) is 6.04 Å². The molecule has 0 aliphatic heterocycles. The van der Waals surface area contributed by atoms with Crippen LogP contribution in [0.4, 0.5) is 0 Å². The van der Waals surface area contributed by atoms with Crippen LogP contribution in [0.5, 0.6) is 0 Å². The lowest BCUT2D eigenvalue weighted by molar-refractivity contribution is -0.128. The number of amides is 2. The van der Waals surface area contributed by atoms with E-state index in [1.54, 1.807) is 6.92 Å². The fourth-order valence-electron chi connectivity index (χ4n) is 1.14. The Labute approximate surface area is 97.2 Å². The van der Waals surface area contributed by atoms with Crippen LogP contribution in [0.25, 0.3) is 0 Å². The zero-order chi connectivity index (χ0) is 12.7. The molecule has 0 aromatic carbocycles. The number of hydrogen-bond acceptors (Lipinski definition) is 3. The summed E-state index contributed by atoms with van der Waals surface area (Å²) in [5.41, 5.74) is 5.77. The summed E-state index contributed by atoms with van der Waals surface area (Å²) in [6, 6.07) is -0.673. The predicted molar refractivity (Wildman–Crippen MR) is 63.7 cm³/mol. The molecule has 0 spiro atoms. The summed E-state index contributed by atoms with van der Waals surface area (Å²) in [6.45, 7) is 7.98. The first-order valence-corrected chi connectivity index (χ1v) is 5.71. The van der Waals surface area contributed by atoms with Crippen molar-refractivity contribution in [1.82, 2.24) is 10.6 Å². The third-order valence-electron chi connectivity index (χ3n) is 2.40. The van der Waals surface area contributed by atoms with Crippen molar-refractivity contribution in [3.8, 4) is 0 Å². The van der Waals surface area contributed by atoms with Gasteiger partial charge in [-0.25, -0.2) is 0 Å². The zero-order valence-corrected chi connectivity index (χ0v) is 10.5. The molecule has 4 N–H and O–H groups in total. The summed E-state index contributed by atoms with van der Waals surface area (Å²) < 4.78 is 0. The first kappa shape index (κ1) is 14.9. The van der Waals surface area contributed by atoms with Gasteiger partial charge in [0, 0.05) is 19.0 Å². The number of carbonyl (C=O) groups is 2. The van der Waals surface area contributed by atoms with Crippen molar-refractivity contribution < 1.29 is 9.59 Å². The molecule has 0 heterocycles. The quantitative estimate of drug-likeness (QED) is 0.599. The molecule has 0 aliphatic carbocycles. The number of hydrogen-bond donors (Lipinski definition) is 3. The van der Waals surface area contributed by atoms with Gasteiger partial charge in [-0.2, -0.15) is 0 Å². The molecule has 0 rings (SSSR count). The van der Waals surface area contributed by atoms with Gasteiger partial charge >= 0.3 is 0 Å². The number of nitrogens with one attached hydrogen (secondary N) is 2. The summed E-state index contributed by atoms with van der Waals surface area (Å²) in [6.07, 6.45) is 0.251. The Balaban J connectivity index is 4.00. The highest BCUT2D eigenvalue weighted by Crippen LogP contribution is 2.02. The van der Waals surface area contributed by atoms with Crippen molar-refractivity contribution in [2.24, 2.45) is 11.7 Å². The van der Waals surface area contributed by atoms with E-state index in [1.165, 1.54) is 0 Å². The molecule has 0 bridgehead atoms. The molecule has 2 unspecified atom stereocenters. The summed E-state index contributed by atoms with van der Waals surface area (Å²) in [7, 11) is 0. The number of nitrogens with two attached hydrogens (primary N) is 1. The molecule has 0 aromatic heterocycles. The van der Waals surface area contributed by atoms with Crippen LogP contribution in [0.15, 0.2) is 0 Å². The minimum Gasteiger partial charge on any atom is -0.355 e. The van der Waals surface area contributed by atoms with Crippen LogP contribution in [0.1, 0.15) is 34.1 Å². The van der Waals surface area contributed by atoms with Crippen LogP contribution < -0.4 is 16.4 Å². The lowest BCUT2D eigenvalue weighted by Gasteiger charge is -2.17. The van der Waals surface area contributed by atoms with Gasteiger partial charge < -0.3 is 16.4 Å². The Hall–Kier alpha value is -1.10. The molecular formula is C11H23N3O2. The smallest absolute Gasteiger partial charge is 0.242 e. The standard InChI is InChI=1S/C11H23N3O2/c1-5-13-11(16)8(4)14-10(15)6-9(12)7(2)3/h7-9H,5-6,12H2,1-4H3,(H,13,16)(H,14,15). The SMILES string of the molecule is CCNC(=O)C(C)NC(=O)CC(N)C(C)C. The van der Waals surface area contributed by atoms with Gasteiger partial charge in [-0.1, -0.05) is 13.8 Å². The molecule has 2 atom stereocenters. The van der Waals surface area contributed by atoms with Gasteiger partial charge in [0.15, 0.2) is 0 Å². The Bertz CT molecular complexity index is 241. The van der Waals surface area contributed by atoms with Crippen LogP contribution in [0, 0.1) is 5.92 Å². The van der Waals surface area contributed by atoms with Crippen molar-refractivity contribution in [3.63, 3.8) is 0 Å². The lowest BCUT2D eigenvalue weighted by Crippen LogP contribution is -2.46. The second kappa shape index (κ2) is 7.22. The fraction of sp³-hybridized carbons (Fsp3) is 0.818. The van der Waals surface area contributed by atoms with E-state index in [4.69, 9.17) is 5.73 Å². The van der Waals surface area contributed by atoms with Crippen molar-refractivity contribution in [2.75, 3.05) is 6.54 Å². The van der Waals surface area contributed by atoms with Crippen molar-refractivity contribution in [2.45, 2.75) is 46.2 Å². The van der Waals surface area contributed by atoms with Gasteiger partial charge in [-0.3, -0.25) is 9.59 Å². The Morgan fingerprint density at radius 2 is 1.81 bits per heavy atom. The van der Waals surface area contributed by atoms with E-state index < -0.39 is 6.04 Å². The molecule has 0 saturated heterocycles. The predicted octanol–water partition coefficient (Wildman–Crippen LogP) is 0.000600. The van der Waals surface area contributed by atoms with Crippen LogP contribution in [-0.2, 0) is 9.59 Å². The maximum Gasteiger partial charge on any atom is 0.242 e. The second-order valence-electron chi connectivity index (χ2n) is 4.30. The summed E-state index contributed by atoms with van der Waals surface area (Å²) in [5, 5.41) is 5.26. The van der Waals surface area contributed by atoms with E-state index in [-0.39, 0.29) is 30.2 Å². The highest BCUT2D eigenvalue weighted by atomic mass is 16.2. The molecule has 0 aliphatic rings. The molecule has 0 radical (unpaired) electrons. The van der Waals surface area contributed by atoms with Gasteiger partial charge in [0.2, 0.25) is 11.8 Å². The van der Waals surface area contributed by atoms with E-state index >= 15 is 0 Å². The Morgan fingerprint density at radius 1 is 1.25 bits per heavy atom. The van der Waals surface area contributed by atoms with E-state index in [1.807, 2.05) is 20.8 Å². The summed E-state index contributed by atoms with van der Waals surface area (Å²) in [4.78, 5) is 22.8. The minimum atomic E-state index is -0.508. The monoisotopic (exact) mass is 229 g/mol. The van der Waals surface area contributed by atoms with E-state index in [9.17, 15) is 9.59 Å². The molecule has 0 aromatic rings. The van der Waals surface area contributed by atoms with Crippen molar-refractivity contribution in [1.29, 1.82) is 0 Å². The third kappa shape index (κ3) is 5.70. The topological polar surface area (TPSA) is 84.2 Å². The van der Waals surface area contributed by atoms with Gasteiger partial charge in [-0.05, 0) is 19.8 Å². The van der Waals surface area contributed by atoms with E-state index in [2.05, 4.69) is 10.6 Å². The van der Waals surface area contributed by atoms with Crippen molar-refractivity contribution >= 4 is 11.8 Å². The lowest BCUT2D eigenvalue weighted by atomic mass is 10.0. The van der Waals surface area contributed by atoms with E-state index in [0.717, 1.165) is 0 Å². The first-order chi connectivity index (χ1) is 7.38. The summed E-state index contributed by atoms with van der Waals surface area (Å²) >= 11 is 0. The molecule has 0 fully saturated rings. The number of rotatable bonds is 6. The van der Waals surface area contributed by atoms with Crippen LogP contribution in [-0.4, -0.2) is 30.4 Å². The third-order valence-corrected chi connectivity index (χ3v) is 2.40. The molecule has 94 valence electrons. The van der Waals surface area contributed by atoms with Crippen LogP contribution in [0.2, 0.25) is 0 Å². The minimum absolute atomic E-state index is 0.165. The van der Waals surface area contributed by atoms with Crippen molar-refractivity contribution in [3.05, 3.63) is 0 Å². The highest BCUT2D eigenvalue weighted by molar-refractivity contribution is 5.87. The fourth-order valence-corrected chi connectivity index (χ4v) is 1.14. The number of carbonyl (C=O) groups excluding carboxylic acids is 2. The normalized spacial score (nSPS) is 14.4. The number of likely N-dealkylation sites (N-methyl/N-ethyl adjacent to an activating group) is 1. The maximum atomic E-state index is 11.5. The van der Waals surface area contributed by atoms with Gasteiger partial charge in [-0.15, -0.1) is 0 Å². The Morgan fingerprint density at radius 3 is 2.25 bits per heavy atom. The molecule has 2 amide bonds. The average molecular weight is 229 g/mol. The molecule has 16 heavy (non-hydrogen) atoms. The molecule has 5 nitrogen and oxygen atoms in total. The average Bonchev–Trinajstić information content (AvgIpc) is 2.17. The van der Waals surface area contributed by atoms with Gasteiger partial charge in [0.25, 0.3) is 0 Å². The molecule has 0 saturated carbocycles. The highest BCUT2D eigenvalue weighted by Gasteiger charge is 2.17. The zero-order valence-electron chi connectivity index (χ0n) is 10.5.